The van der Waals surface area contributed by atoms with E-state index in [2.05, 4.69) is 4.98 Å². The number of carbonyl (C=O) groups excluding carboxylic acids is 2. The minimum absolute atomic E-state index is 0.0440. The quantitative estimate of drug-likeness (QED) is 0.469. The van der Waals surface area contributed by atoms with Crippen molar-refractivity contribution in [1.29, 1.82) is 0 Å². The topological polar surface area (TPSA) is 89.0 Å². The van der Waals surface area contributed by atoms with E-state index in [1.807, 2.05) is 42.5 Å². The number of hydrogen-bond donors (Lipinski definition) is 1. The van der Waals surface area contributed by atoms with Crippen LogP contribution in [-0.2, 0) is 16.0 Å². The summed E-state index contributed by atoms with van der Waals surface area (Å²) in [4.78, 5) is 32.0. The molecule has 1 aliphatic heterocycles. The number of amides is 1. The minimum atomic E-state index is -0.746. The molecule has 0 saturated carbocycles. The van der Waals surface area contributed by atoms with Gasteiger partial charge < -0.3 is 19.5 Å². The van der Waals surface area contributed by atoms with Crippen molar-refractivity contribution in [3.63, 3.8) is 0 Å². The summed E-state index contributed by atoms with van der Waals surface area (Å²) in [5, 5.41) is 10.8. The lowest BCUT2D eigenvalue weighted by molar-refractivity contribution is -0.129. The molecule has 1 aliphatic rings. The Bertz CT molecular complexity index is 1270. The van der Waals surface area contributed by atoms with E-state index in [-0.39, 0.29) is 12.1 Å². The number of ether oxygens (including phenoxy) is 2. The predicted molar refractivity (Wildman–Crippen MR) is 132 cm³/mol. The summed E-state index contributed by atoms with van der Waals surface area (Å²) in [6.07, 6.45) is 6.76. The third kappa shape index (κ3) is 5.09. The molecule has 2 aromatic carbocycles. The highest BCUT2D eigenvalue weighted by Gasteiger charge is 2.42. The standard InChI is InChI=1S/C28H26N2O5/c1-34-23-13-11-20(17-24(23)35-2)14-16-30-26(21-9-6-15-29-18-21)25(27(32)28(30)33)22(31)12-10-19-7-4-3-5-8-19/h3-13,15,17-18,26,32H,14,16H2,1-2H3/b12-10+/t26-/m1/s1. The summed E-state index contributed by atoms with van der Waals surface area (Å²) in [6, 6.07) is 17.7. The smallest absolute Gasteiger partial charge is 0.290 e. The maximum absolute atomic E-state index is 13.2. The van der Waals surface area contributed by atoms with E-state index in [1.165, 1.54) is 11.0 Å². The molecule has 3 aromatic rings. The lowest BCUT2D eigenvalue weighted by atomic mass is 9.96. The number of aliphatic hydroxyl groups excluding tert-OH is 1. The van der Waals surface area contributed by atoms with Crippen LogP contribution < -0.4 is 9.47 Å². The fraction of sp³-hybridized carbons (Fsp3) is 0.179. The largest absolute Gasteiger partial charge is 0.503 e. The zero-order valence-corrected chi connectivity index (χ0v) is 19.5. The Morgan fingerprint density at radius 2 is 1.83 bits per heavy atom. The molecule has 178 valence electrons. The predicted octanol–water partition coefficient (Wildman–Crippen LogP) is 4.32. The van der Waals surface area contributed by atoms with Crippen molar-refractivity contribution in [3.8, 4) is 11.5 Å². The first kappa shape index (κ1) is 23.8. The van der Waals surface area contributed by atoms with Gasteiger partial charge in [0.2, 0.25) is 0 Å². The van der Waals surface area contributed by atoms with Crippen molar-refractivity contribution in [2.24, 2.45) is 0 Å². The van der Waals surface area contributed by atoms with Gasteiger partial charge >= 0.3 is 0 Å². The number of hydrogen-bond acceptors (Lipinski definition) is 6. The number of ketones is 1. The van der Waals surface area contributed by atoms with Gasteiger partial charge in [0, 0.05) is 18.9 Å². The molecule has 0 spiro atoms. The first-order valence-electron chi connectivity index (χ1n) is 11.2. The normalized spacial score (nSPS) is 15.7. The molecule has 7 nitrogen and oxygen atoms in total. The van der Waals surface area contributed by atoms with Crippen LogP contribution in [0.2, 0.25) is 0 Å². The van der Waals surface area contributed by atoms with Crippen LogP contribution in [0.25, 0.3) is 6.08 Å². The number of carbonyl (C=O) groups is 2. The molecule has 1 N–H and O–H groups in total. The zero-order chi connectivity index (χ0) is 24.8. The molecule has 1 aromatic heterocycles. The average molecular weight is 471 g/mol. The molecule has 0 fully saturated rings. The number of pyridine rings is 1. The first-order chi connectivity index (χ1) is 17.0. The Morgan fingerprint density at radius 1 is 1.06 bits per heavy atom. The Morgan fingerprint density at radius 3 is 2.51 bits per heavy atom. The van der Waals surface area contributed by atoms with Gasteiger partial charge in [-0.15, -0.1) is 0 Å². The van der Waals surface area contributed by atoms with Crippen molar-refractivity contribution < 1.29 is 24.2 Å². The van der Waals surface area contributed by atoms with E-state index < -0.39 is 23.5 Å². The maximum Gasteiger partial charge on any atom is 0.290 e. The van der Waals surface area contributed by atoms with Crippen molar-refractivity contribution in [3.05, 3.63) is 107 Å². The highest BCUT2D eigenvalue weighted by Crippen LogP contribution is 2.38. The highest BCUT2D eigenvalue weighted by atomic mass is 16.5. The van der Waals surface area contributed by atoms with Gasteiger partial charge in [-0.2, -0.15) is 0 Å². The van der Waals surface area contributed by atoms with Crippen LogP contribution in [0.15, 0.2) is 90.5 Å². The first-order valence-corrected chi connectivity index (χ1v) is 11.2. The molecule has 1 amide bonds. The minimum Gasteiger partial charge on any atom is -0.503 e. The SMILES string of the molecule is COc1ccc(CCN2C(=O)C(O)=C(C(=O)/C=C/c3ccccc3)[C@H]2c2cccnc2)cc1OC. The van der Waals surface area contributed by atoms with Crippen LogP contribution in [0.1, 0.15) is 22.7 Å². The van der Waals surface area contributed by atoms with Crippen LogP contribution in [0, 0.1) is 0 Å². The number of allylic oxidation sites excluding steroid dienone is 1. The number of aliphatic hydroxyl groups is 1. The van der Waals surface area contributed by atoms with Crippen LogP contribution in [0.4, 0.5) is 0 Å². The third-order valence-corrected chi connectivity index (χ3v) is 5.89. The molecular formula is C28H26N2O5. The van der Waals surface area contributed by atoms with Crippen molar-refractivity contribution in [2.45, 2.75) is 12.5 Å². The van der Waals surface area contributed by atoms with Crippen LogP contribution in [-0.4, -0.2) is 47.4 Å². The summed E-state index contributed by atoms with van der Waals surface area (Å²) in [6.45, 7) is 0.275. The third-order valence-electron chi connectivity index (χ3n) is 5.89. The molecular weight excluding hydrogens is 444 g/mol. The van der Waals surface area contributed by atoms with E-state index in [9.17, 15) is 14.7 Å². The average Bonchev–Trinajstić information content (AvgIpc) is 3.16. The van der Waals surface area contributed by atoms with Gasteiger partial charge in [-0.3, -0.25) is 14.6 Å². The lowest BCUT2D eigenvalue weighted by Gasteiger charge is -2.26. The molecule has 7 heteroatoms. The molecule has 4 rings (SSSR count). The second-order valence-electron chi connectivity index (χ2n) is 8.00. The van der Waals surface area contributed by atoms with E-state index in [0.717, 1.165) is 11.1 Å². The summed E-state index contributed by atoms with van der Waals surface area (Å²) < 4.78 is 10.7. The summed E-state index contributed by atoms with van der Waals surface area (Å²) in [7, 11) is 3.13. The second kappa shape index (κ2) is 10.7. The van der Waals surface area contributed by atoms with Gasteiger partial charge in [0.15, 0.2) is 23.0 Å². The van der Waals surface area contributed by atoms with Crippen molar-refractivity contribution >= 4 is 17.8 Å². The van der Waals surface area contributed by atoms with Gasteiger partial charge in [0.1, 0.15) is 0 Å². The van der Waals surface area contributed by atoms with Gasteiger partial charge in [-0.05, 0) is 47.4 Å². The molecule has 0 bridgehead atoms. The lowest BCUT2D eigenvalue weighted by Crippen LogP contribution is -2.33. The van der Waals surface area contributed by atoms with E-state index in [4.69, 9.17) is 9.47 Å². The van der Waals surface area contributed by atoms with Crippen LogP contribution in [0.5, 0.6) is 11.5 Å². The number of nitrogens with zero attached hydrogens (tertiary/aromatic N) is 2. The molecule has 1 atom stereocenters. The fourth-order valence-corrected chi connectivity index (χ4v) is 4.13. The van der Waals surface area contributed by atoms with Crippen molar-refractivity contribution in [2.75, 3.05) is 20.8 Å². The maximum atomic E-state index is 13.2. The summed E-state index contributed by atoms with van der Waals surface area (Å²) >= 11 is 0. The molecule has 0 aliphatic carbocycles. The van der Waals surface area contributed by atoms with E-state index >= 15 is 0 Å². The zero-order valence-electron chi connectivity index (χ0n) is 19.5. The molecule has 0 unspecified atom stereocenters. The van der Waals surface area contributed by atoms with E-state index in [1.54, 1.807) is 50.9 Å². The molecule has 0 saturated heterocycles. The monoisotopic (exact) mass is 470 g/mol. The summed E-state index contributed by atoms with van der Waals surface area (Å²) in [5.41, 5.74) is 2.45. The molecule has 2 heterocycles. The molecule has 35 heavy (non-hydrogen) atoms. The van der Waals surface area contributed by atoms with Gasteiger partial charge in [0.05, 0.1) is 25.8 Å². The Balaban J connectivity index is 1.62. The Kier molecular flexibility index (Phi) is 7.26. The number of methoxy groups -OCH3 is 2. The Hall–Kier alpha value is -4.39. The second-order valence-corrected chi connectivity index (χ2v) is 8.00. The number of aromatic nitrogens is 1. The van der Waals surface area contributed by atoms with E-state index in [0.29, 0.717) is 23.5 Å². The number of rotatable bonds is 9. The summed E-state index contributed by atoms with van der Waals surface area (Å²) in [5.74, 6) is -0.351. The fourth-order valence-electron chi connectivity index (χ4n) is 4.13. The van der Waals surface area contributed by atoms with Gasteiger partial charge in [-0.1, -0.05) is 48.5 Å². The van der Waals surface area contributed by atoms with Crippen molar-refractivity contribution in [1.82, 2.24) is 9.88 Å². The number of benzene rings is 2. The highest BCUT2D eigenvalue weighted by molar-refractivity contribution is 6.14. The molecule has 0 radical (unpaired) electrons. The van der Waals surface area contributed by atoms with Gasteiger partial charge in [-0.25, -0.2) is 0 Å². The Labute approximate surface area is 203 Å². The van der Waals surface area contributed by atoms with Gasteiger partial charge in [0.25, 0.3) is 5.91 Å². The van der Waals surface area contributed by atoms with Crippen LogP contribution in [0.3, 0.4) is 0 Å². The van der Waals surface area contributed by atoms with Crippen LogP contribution >= 0.6 is 0 Å².